The van der Waals surface area contributed by atoms with Gasteiger partial charge in [-0.25, -0.2) is 8.42 Å². The van der Waals surface area contributed by atoms with E-state index in [4.69, 9.17) is 4.74 Å². The first-order valence-electron chi connectivity index (χ1n) is 8.75. The Hall–Kier alpha value is -1.13. The highest BCUT2D eigenvalue weighted by Gasteiger charge is 2.57. The number of piperidine rings is 1. The van der Waals surface area contributed by atoms with Crippen molar-refractivity contribution >= 4 is 10.0 Å². The third-order valence-corrected chi connectivity index (χ3v) is 7.32. The molecule has 0 amide bonds. The smallest absolute Gasteiger partial charge is 0.381 e. The summed E-state index contributed by atoms with van der Waals surface area (Å²) >= 11 is 0. The Bertz CT molecular complexity index is 739. The standard InChI is InChI=1S/C16H24F3N3O3S/c1-12(2)22-10-13(9-20-22)26(23,24)21-6-3-14(16(17,18)19)15(11-21)4-7-25-8-5-15/h9-10,12,14H,3-8,11H2,1-2H3/t14-/m0/s1. The van der Waals surface area contributed by atoms with E-state index < -0.39 is 27.5 Å². The molecule has 2 aliphatic heterocycles. The van der Waals surface area contributed by atoms with Crippen molar-refractivity contribution < 1.29 is 26.3 Å². The van der Waals surface area contributed by atoms with Crippen LogP contribution in [-0.2, 0) is 14.8 Å². The first kappa shape index (κ1) is 19.6. The molecule has 10 heteroatoms. The maximum atomic E-state index is 13.6. The molecule has 1 spiro atoms. The van der Waals surface area contributed by atoms with Crippen LogP contribution in [0.25, 0.3) is 0 Å². The number of ether oxygens (including phenoxy) is 1. The Kier molecular flexibility index (Phi) is 5.13. The monoisotopic (exact) mass is 395 g/mol. The quantitative estimate of drug-likeness (QED) is 0.790. The van der Waals surface area contributed by atoms with Gasteiger partial charge in [-0.3, -0.25) is 4.68 Å². The summed E-state index contributed by atoms with van der Waals surface area (Å²) in [4.78, 5) is 0.0267. The molecule has 148 valence electrons. The first-order chi connectivity index (χ1) is 12.1. The van der Waals surface area contributed by atoms with Crippen molar-refractivity contribution in [3.05, 3.63) is 12.4 Å². The van der Waals surface area contributed by atoms with E-state index in [0.717, 1.165) is 0 Å². The molecule has 0 N–H and O–H groups in total. The summed E-state index contributed by atoms with van der Waals surface area (Å²) in [7, 11) is -3.88. The van der Waals surface area contributed by atoms with Crippen molar-refractivity contribution in [3.63, 3.8) is 0 Å². The van der Waals surface area contributed by atoms with Gasteiger partial charge in [-0.1, -0.05) is 0 Å². The molecule has 0 aliphatic carbocycles. The van der Waals surface area contributed by atoms with E-state index in [1.165, 1.54) is 21.4 Å². The molecular formula is C16H24F3N3O3S. The maximum Gasteiger partial charge on any atom is 0.392 e. The van der Waals surface area contributed by atoms with Crippen LogP contribution in [-0.4, -0.2) is 55.0 Å². The Labute approximate surface area is 151 Å². The van der Waals surface area contributed by atoms with Crippen LogP contribution in [0.15, 0.2) is 17.3 Å². The lowest BCUT2D eigenvalue weighted by Gasteiger charge is -2.50. The molecule has 6 nitrogen and oxygen atoms in total. The molecule has 1 aromatic heterocycles. The van der Waals surface area contributed by atoms with Crippen LogP contribution in [0.2, 0.25) is 0 Å². The number of nitrogens with zero attached hydrogens (tertiary/aromatic N) is 3. The maximum absolute atomic E-state index is 13.6. The minimum absolute atomic E-state index is 0.00301. The van der Waals surface area contributed by atoms with Gasteiger partial charge < -0.3 is 4.74 Å². The van der Waals surface area contributed by atoms with Crippen molar-refractivity contribution in [1.82, 2.24) is 14.1 Å². The molecule has 0 aromatic carbocycles. The zero-order chi connectivity index (χ0) is 19.2. The van der Waals surface area contributed by atoms with Crippen LogP contribution < -0.4 is 0 Å². The lowest BCUT2D eigenvalue weighted by atomic mass is 9.66. The topological polar surface area (TPSA) is 64.4 Å². The van der Waals surface area contributed by atoms with E-state index >= 15 is 0 Å². The largest absolute Gasteiger partial charge is 0.392 e. The second kappa shape index (κ2) is 6.79. The molecule has 1 atom stereocenters. The van der Waals surface area contributed by atoms with Crippen molar-refractivity contribution in [2.45, 2.75) is 50.2 Å². The zero-order valence-corrected chi connectivity index (χ0v) is 15.7. The lowest BCUT2D eigenvalue weighted by Crippen LogP contribution is -2.56. The average Bonchev–Trinajstić information content (AvgIpc) is 3.05. The van der Waals surface area contributed by atoms with Crippen molar-refractivity contribution in [1.29, 1.82) is 0 Å². The van der Waals surface area contributed by atoms with Gasteiger partial charge in [-0.2, -0.15) is 22.6 Å². The molecule has 0 bridgehead atoms. The summed E-state index contributed by atoms with van der Waals surface area (Å²) in [5.74, 6) is -1.50. The highest BCUT2D eigenvalue weighted by Crippen LogP contribution is 2.51. The van der Waals surface area contributed by atoms with Gasteiger partial charge in [0.2, 0.25) is 10.0 Å². The number of alkyl halides is 3. The second-order valence-corrected chi connectivity index (χ2v) is 9.38. The van der Waals surface area contributed by atoms with Crippen molar-refractivity contribution in [2.75, 3.05) is 26.3 Å². The molecule has 26 heavy (non-hydrogen) atoms. The number of sulfonamides is 1. The minimum atomic E-state index is -4.34. The third-order valence-electron chi connectivity index (χ3n) is 5.53. The van der Waals surface area contributed by atoms with Gasteiger partial charge in [-0.05, 0) is 33.1 Å². The number of hydrogen-bond donors (Lipinski definition) is 0. The van der Waals surface area contributed by atoms with Gasteiger partial charge >= 0.3 is 6.18 Å². The van der Waals surface area contributed by atoms with E-state index in [0.29, 0.717) is 0 Å². The van der Waals surface area contributed by atoms with Crippen LogP contribution in [0.4, 0.5) is 13.2 Å². The van der Waals surface area contributed by atoms with Crippen LogP contribution in [0, 0.1) is 11.3 Å². The van der Waals surface area contributed by atoms with E-state index in [-0.39, 0.29) is 56.5 Å². The predicted molar refractivity (Wildman–Crippen MR) is 88.0 cm³/mol. The summed E-state index contributed by atoms with van der Waals surface area (Å²) < 4.78 is 74.7. The molecule has 3 rings (SSSR count). The van der Waals surface area contributed by atoms with Gasteiger partial charge in [-0.15, -0.1) is 0 Å². The van der Waals surface area contributed by atoms with Crippen molar-refractivity contribution in [2.24, 2.45) is 11.3 Å². The van der Waals surface area contributed by atoms with Gasteiger partial charge in [0.15, 0.2) is 0 Å². The summed E-state index contributed by atoms with van der Waals surface area (Å²) in [5.41, 5.74) is -1.12. The van der Waals surface area contributed by atoms with E-state index in [1.54, 1.807) is 0 Å². The Balaban J connectivity index is 1.89. The van der Waals surface area contributed by atoms with Crippen LogP contribution in [0.5, 0.6) is 0 Å². The van der Waals surface area contributed by atoms with Gasteiger partial charge in [0.1, 0.15) is 4.90 Å². The average molecular weight is 395 g/mol. The fraction of sp³-hybridized carbons (Fsp3) is 0.812. The molecular weight excluding hydrogens is 371 g/mol. The number of aromatic nitrogens is 2. The molecule has 3 heterocycles. The predicted octanol–water partition coefficient (Wildman–Crippen LogP) is 2.83. The van der Waals surface area contributed by atoms with Gasteiger partial charge in [0.05, 0.1) is 12.1 Å². The molecule has 0 radical (unpaired) electrons. The zero-order valence-electron chi connectivity index (χ0n) is 14.9. The molecule has 2 fully saturated rings. The molecule has 2 aliphatic rings. The second-order valence-electron chi connectivity index (χ2n) is 7.45. The van der Waals surface area contributed by atoms with Crippen molar-refractivity contribution in [3.8, 4) is 0 Å². The molecule has 2 saturated heterocycles. The normalized spacial score (nSPS) is 25.1. The molecule has 0 saturated carbocycles. The Morgan fingerprint density at radius 3 is 2.50 bits per heavy atom. The highest BCUT2D eigenvalue weighted by molar-refractivity contribution is 7.89. The fourth-order valence-corrected chi connectivity index (χ4v) is 5.50. The van der Waals surface area contributed by atoms with Gasteiger partial charge in [0, 0.05) is 44.0 Å². The van der Waals surface area contributed by atoms with Crippen LogP contribution >= 0.6 is 0 Å². The minimum Gasteiger partial charge on any atom is -0.381 e. The van der Waals surface area contributed by atoms with E-state index in [2.05, 4.69) is 5.10 Å². The van der Waals surface area contributed by atoms with Crippen LogP contribution in [0.3, 0.4) is 0 Å². The SMILES string of the molecule is CC(C)n1cc(S(=O)(=O)N2CC[C@H](C(F)(F)F)C3(CCOCC3)C2)cn1. The summed E-state index contributed by atoms with van der Waals surface area (Å²) in [6.45, 7) is 3.93. The summed E-state index contributed by atoms with van der Waals surface area (Å²) in [6.07, 6.45) is -1.42. The fourth-order valence-electron chi connectivity index (χ4n) is 4.01. The number of hydrogen-bond acceptors (Lipinski definition) is 4. The number of halogens is 3. The Morgan fingerprint density at radius 1 is 1.31 bits per heavy atom. The van der Waals surface area contributed by atoms with Gasteiger partial charge in [0.25, 0.3) is 0 Å². The van der Waals surface area contributed by atoms with E-state index in [9.17, 15) is 21.6 Å². The third kappa shape index (κ3) is 3.50. The summed E-state index contributed by atoms with van der Waals surface area (Å²) in [5, 5.41) is 4.05. The lowest BCUT2D eigenvalue weighted by molar-refractivity contribution is -0.231. The first-order valence-corrected chi connectivity index (χ1v) is 10.2. The Morgan fingerprint density at radius 2 is 1.96 bits per heavy atom. The number of rotatable bonds is 3. The molecule has 1 aromatic rings. The van der Waals surface area contributed by atoms with E-state index in [1.807, 2.05) is 13.8 Å². The molecule has 0 unspecified atom stereocenters. The summed E-state index contributed by atoms with van der Waals surface area (Å²) in [6, 6.07) is -0.00301. The highest BCUT2D eigenvalue weighted by atomic mass is 32.2. The van der Waals surface area contributed by atoms with Crippen LogP contribution in [0.1, 0.15) is 39.2 Å².